The smallest absolute Gasteiger partial charge is 0.257 e. The Morgan fingerprint density at radius 2 is 1.85 bits per heavy atom. The van der Waals surface area contributed by atoms with Gasteiger partial charge in [0.05, 0.1) is 18.3 Å². The van der Waals surface area contributed by atoms with E-state index in [9.17, 15) is 4.79 Å². The van der Waals surface area contributed by atoms with Gasteiger partial charge in [-0.15, -0.1) is 0 Å². The van der Waals surface area contributed by atoms with Crippen molar-refractivity contribution in [2.24, 2.45) is 0 Å². The third-order valence-corrected chi connectivity index (χ3v) is 3.71. The van der Waals surface area contributed by atoms with Crippen molar-refractivity contribution in [3.8, 4) is 0 Å². The first kappa shape index (κ1) is 12.9. The number of amides is 1. The number of likely N-dealkylation sites (tertiary alicyclic amines) is 1. The zero-order chi connectivity index (χ0) is 13.8. The van der Waals surface area contributed by atoms with E-state index in [0.29, 0.717) is 12.1 Å². The van der Waals surface area contributed by atoms with Crippen LogP contribution in [0.5, 0.6) is 0 Å². The van der Waals surface area contributed by atoms with Gasteiger partial charge in [0.25, 0.3) is 5.91 Å². The van der Waals surface area contributed by atoms with Crippen molar-refractivity contribution in [2.75, 3.05) is 13.1 Å². The van der Waals surface area contributed by atoms with E-state index in [1.54, 1.807) is 6.20 Å². The van der Waals surface area contributed by atoms with E-state index < -0.39 is 0 Å². The largest absolute Gasteiger partial charge is 0.339 e. The van der Waals surface area contributed by atoms with Crippen molar-refractivity contribution in [2.45, 2.75) is 25.8 Å². The zero-order valence-corrected chi connectivity index (χ0v) is 11.5. The van der Waals surface area contributed by atoms with Gasteiger partial charge in [-0.2, -0.15) is 5.10 Å². The van der Waals surface area contributed by atoms with Crippen molar-refractivity contribution >= 4 is 5.91 Å². The molecular formula is C16H19N3O. The third kappa shape index (κ3) is 2.90. The molecule has 20 heavy (non-hydrogen) atoms. The molecule has 2 heterocycles. The minimum absolute atomic E-state index is 0.115. The molecule has 4 heteroatoms. The van der Waals surface area contributed by atoms with Crippen LogP contribution in [0.4, 0.5) is 0 Å². The molecule has 0 radical (unpaired) electrons. The maximum Gasteiger partial charge on any atom is 0.257 e. The molecule has 0 aliphatic carbocycles. The highest BCUT2D eigenvalue weighted by Gasteiger charge is 2.19. The molecule has 4 nitrogen and oxygen atoms in total. The Morgan fingerprint density at radius 3 is 2.60 bits per heavy atom. The first-order valence-corrected chi connectivity index (χ1v) is 7.18. The van der Waals surface area contributed by atoms with Gasteiger partial charge >= 0.3 is 0 Å². The molecule has 0 bridgehead atoms. The van der Waals surface area contributed by atoms with Gasteiger partial charge in [-0.1, -0.05) is 30.3 Å². The van der Waals surface area contributed by atoms with Gasteiger partial charge in [0.2, 0.25) is 0 Å². The summed E-state index contributed by atoms with van der Waals surface area (Å²) in [6.07, 6.45) is 6.99. The standard InChI is InChI=1S/C16H19N3O/c20-16(18-9-5-2-6-10-18)15-11-17-19(13-15)12-14-7-3-1-4-8-14/h1,3-4,7-8,11,13H,2,5-6,9-10,12H2. The van der Waals surface area contributed by atoms with Crippen LogP contribution in [0.2, 0.25) is 0 Å². The number of rotatable bonds is 3. The van der Waals surface area contributed by atoms with E-state index in [-0.39, 0.29) is 5.91 Å². The monoisotopic (exact) mass is 269 g/mol. The molecule has 0 unspecified atom stereocenters. The SMILES string of the molecule is O=C(c1cnn(Cc2ccccc2)c1)N1CCCCC1. The van der Waals surface area contributed by atoms with E-state index in [2.05, 4.69) is 17.2 Å². The summed E-state index contributed by atoms with van der Waals surface area (Å²) in [5.74, 6) is 0.115. The normalized spacial score (nSPS) is 15.3. The van der Waals surface area contributed by atoms with Crippen LogP contribution in [0.3, 0.4) is 0 Å². The topological polar surface area (TPSA) is 38.1 Å². The fourth-order valence-corrected chi connectivity index (χ4v) is 2.61. The van der Waals surface area contributed by atoms with Crippen molar-refractivity contribution in [3.63, 3.8) is 0 Å². The summed E-state index contributed by atoms with van der Waals surface area (Å²) in [4.78, 5) is 14.3. The van der Waals surface area contributed by atoms with Crippen molar-refractivity contribution in [3.05, 3.63) is 53.9 Å². The predicted octanol–water partition coefficient (Wildman–Crippen LogP) is 2.56. The number of carbonyl (C=O) groups is 1. The van der Waals surface area contributed by atoms with Crippen LogP contribution in [0.25, 0.3) is 0 Å². The van der Waals surface area contributed by atoms with E-state index in [1.807, 2.05) is 34.0 Å². The van der Waals surface area contributed by atoms with E-state index >= 15 is 0 Å². The average molecular weight is 269 g/mol. The Labute approximate surface area is 119 Å². The molecule has 3 rings (SSSR count). The number of carbonyl (C=O) groups excluding carboxylic acids is 1. The molecule has 1 aromatic carbocycles. The number of piperidine rings is 1. The van der Waals surface area contributed by atoms with Gasteiger partial charge in [-0.05, 0) is 24.8 Å². The Hall–Kier alpha value is -2.10. The van der Waals surface area contributed by atoms with Crippen LogP contribution < -0.4 is 0 Å². The molecule has 1 fully saturated rings. The fourth-order valence-electron chi connectivity index (χ4n) is 2.61. The molecule has 0 atom stereocenters. The minimum Gasteiger partial charge on any atom is -0.339 e. The summed E-state index contributed by atoms with van der Waals surface area (Å²) in [5.41, 5.74) is 1.88. The molecular weight excluding hydrogens is 250 g/mol. The second kappa shape index (κ2) is 5.90. The van der Waals surface area contributed by atoms with Gasteiger partial charge in [-0.3, -0.25) is 9.48 Å². The lowest BCUT2D eigenvalue weighted by atomic mass is 10.1. The highest BCUT2D eigenvalue weighted by atomic mass is 16.2. The summed E-state index contributed by atoms with van der Waals surface area (Å²) < 4.78 is 1.83. The first-order chi connectivity index (χ1) is 9.83. The van der Waals surface area contributed by atoms with Gasteiger partial charge in [0.1, 0.15) is 0 Å². The Morgan fingerprint density at radius 1 is 1.10 bits per heavy atom. The average Bonchev–Trinajstić information content (AvgIpc) is 2.97. The predicted molar refractivity (Wildman–Crippen MR) is 77.5 cm³/mol. The number of hydrogen-bond acceptors (Lipinski definition) is 2. The Kier molecular flexibility index (Phi) is 3.81. The molecule has 0 N–H and O–H groups in total. The quantitative estimate of drug-likeness (QED) is 0.859. The van der Waals surface area contributed by atoms with Crippen LogP contribution in [-0.2, 0) is 6.54 Å². The first-order valence-electron chi connectivity index (χ1n) is 7.18. The number of aromatic nitrogens is 2. The molecule has 1 aliphatic rings. The molecule has 1 saturated heterocycles. The third-order valence-electron chi connectivity index (χ3n) is 3.71. The van der Waals surface area contributed by atoms with Crippen molar-refractivity contribution in [1.82, 2.24) is 14.7 Å². The highest BCUT2D eigenvalue weighted by Crippen LogP contribution is 2.13. The molecule has 1 aliphatic heterocycles. The number of nitrogens with zero attached hydrogens (tertiary/aromatic N) is 3. The van der Waals surface area contributed by atoms with Crippen LogP contribution in [0, 0.1) is 0 Å². The van der Waals surface area contributed by atoms with Crippen LogP contribution >= 0.6 is 0 Å². The zero-order valence-electron chi connectivity index (χ0n) is 11.5. The maximum atomic E-state index is 12.3. The lowest BCUT2D eigenvalue weighted by Crippen LogP contribution is -2.35. The summed E-state index contributed by atoms with van der Waals surface area (Å²) in [6.45, 7) is 2.46. The minimum atomic E-state index is 0.115. The summed E-state index contributed by atoms with van der Waals surface area (Å²) in [6, 6.07) is 10.1. The maximum absolute atomic E-state index is 12.3. The lowest BCUT2D eigenvalue weighted by molar-refractivity contribution is 0.0724. The number of benzene rings is 1. The van der Waals surface area contributed by atoms with E-state index in [4.69, 9.17) is 0 Å². The van der Waals surface area contributed by atoms with Crippen LogP contribution in [-0.4, -0.2) is 33.7 Å². The fraction of sp³-hybridized carbons (Fsp3) is 0.375. The molecule has 104 valence electrons. The summed E-state index contributed by atoms with van der Waals surface area (Å²) in [7, 11) is 0. The van der Waals surface area contributed by atoms with Crippen molar-refractivity contribution < 1.29 is 4.79 Å². The number of hydrogen-bond donors (Lipinski definition) is 0. The van der Waals surface area contributed by atoms with Gasteiger partial charge in [0, 0.05) is 19.3 Å². The second-order valence-electron chi connectivity index (χ2n) is 5.27. The van der Waals surface area contributed by atoms with Gasteiger partial charge in [0.15, 0.2) is 0 Å². The summed E-state index contributed by atoms with van der Waals surface area (Å²) in [5, 5.41) is 4.30. The lowest BCUT2D eigenvalue weighted by Gasteiger charge is -2.26. The Bertz CT molecular complexity index is 570. The van der Waals surface area contributed by atoms with E-state index in [0.717, 1.165) is 25.9 Å². The van der Waals surface area contributed by atoms with E-state index in [1.165, 1.54) is 12.0 Å². The molecule has 0 saturated carbocycles. The van der Waals surface area contributed by atoms with Gasteiger partial charge in [-0.25, -0.2) is 0 Å². The molecule has 2 aromatic rings. The van der Waals surface area contributed by atoms with Gasteiger partial charge < -0.3 is 4.90 Å². The summed E-state index contributed by atoms with van der Waals surface area (Å²) >= 11 is 0. The highest BCUT2D eigenvalue weighted by molar-refractivity contribution is 5.93. The molecule has 1 aromatic heterocycles. The molecule has 1 amide bonds. The van der Waals surface area contributed by atoms with Crippen LogP contribution in [0.1, 0.15) is 35.2 Å². The Balaban J connectivity index is 1.68. The van der Waals surface area contributed by atoms with Crippen LogP contribution in [0.15, 0.2) is 42.7 Å². The molecule has 0 spiro atoms. The second-order valence-corrected chi connectivity index (χ2v) is 5.27. The van der Waals surface area contributed by atoms with Crippen molar-refractivity contribution in [1.29, 1.82) is 0 Å².